The summed E-state index contributed by atoms with van der Waals surface area (Å²) >= 11 is 0. The Morgan fingerprint density at radius 3 is 1.45 bits per heavy atom. The number of benzene rings is 2. The highest BCUT2D eigenvalue weighted by molar-refractivity contribution is 6.05. The van der Waals surface area contributed by atoms with Gasteiger partial charge < -0.3 is 30.7 Å². The Bertz CT molecular complexity index is 3610. The van der Waals surface area contributed by atoms with E-state index in [0.717, 1.165) is 84.7 Å². The molecule has 0 saturated heterocycles. The first-order valence-electron chi connectivity index (χ1n) is 25.9. The smallest absolute Gasteiger partial charge is 0.407 e. The number of nitrogens with zero attached hydrogens (tertiary/aromatic N) is 8. The maximum absolute atomic E-state index is 13.1. The van der Waals surface area contributed by atoms with Crippen LogP contribution in [0.2, 0.25) is 0 Å². The molecule has 6 aromatic heterocycles. The van der Waals surface area contributed by atoms with Crippen molar-refractivity contribution in [1.29, 1.82) is 0 Å². The van der Waals surface area contributed by atoms with Crippen molar-refractivity contribution in [2.45, 2.75) is 154 Å². The minimum Gasteiger partial charge on any atom is -0.476 e. The number of rotatable bonds is 10. The van der Waals surface area contributed by atoms with E-state index in [2.05, 4.69) is 41.2 Å². The van der Waals surface area contributed by atoms with Gasteiger partial charge in [-0.25, -0.2) is 29.4 Å². The van der Waals surface area contributed by atoms with Gasteiger partial charge in [-0.1, -0.05) is 36.4 Å². The molecule has 0 radical (unpaired) electrons. The molecule has 0 atom stereocenters. The Balaban J connectivity index is 0.000000138. The lowest BCUT2D eigenvalue weighted by Gasteiger charge is -2.57. The van der Waals surface area contributed by atoms with Gasteiger partial charge in [-0.05, 0) is 147 Å². The van der Waals surface area contributed by atoms with Crippen molar-refractivity contribution in [2.75, 3.05) is 0 Å². The van der Waals surface area contributed by atoms with E-state index in [1.165, 1.54) is 4.68 Å². The average Bonchev–Trinajstić information content (AvgIpc) is 4.11. The van der Waals surface area contributed by atoms with E-state index < -0.39 is 22.8 Å². The zero-order chi connectivity index (χ0) is 54.1. The summed E-state index contributed by atoms with van der Waals surface area (Å²) < 4.78 is 11.8. The second-order valence-corrected chi connectivity index (χ2v) is 23.9. The predicted molar refractivity (Wildman–Crippen MR) is 282 cm³/mol. The molecule has 2 aromatic carbocycles. The van der Waals surface area contributed by atoms with Gasteiger partial charge in [0.15, 0.2) is 11.4 Å². The van der Waals surface area contributed by atoms with Crippen LogP contribution in [0.25, 0.3) is 32.8 Å². The summed E-state index contributed by atoms with van der Waals surface area (Å²) in [6.07, 6.45) is 11.2. The monoisotopic (exact) mass is 1040 g/mol. The number of hydrogen-bond donors (Lipinski definition) is 7. The first-order chi connectivity index (χ1) is 35.8. The molecule has 12 rings (SSSR count). The van der Waals surface area contributed by atoms with Crippen LogP contribution in [-0.4, -0.2) is 111 Å². The third-order valence-electron chi connectivity index (χ3n) is 15.1. The van der Waals surface area contributed by atoms with Crippen LogP contribution in [0.4, 0.5) is 4.79 Å². The lowest BCUT2D eigenvalue weighted by Crippen LogP contribution is -2.56. The largest absolute Gasteiger partial charge is 0.476 e. The molecular weight excluding hydrogens is 973 g/mol. The van der Waals surface area contributed by atoms with Gasteiger partial charge in [0.2, 0.25) is 0 Å². The summed E-state index contributed by atoms with van der Waals surface area (Å²) in [6.45, 7) is 12.9. The predicted octanol–water partition coefficient (Wildman–Crippen LogP) is 6.68. The third kappa shape index (κ3) is 10.6. The van der Waals surface area contributed by atoms with Gasteiger partial charge in [-0.2, -0.15) is 20.4 Å². The van der Waals surface area contributed by atoms with Gasteiger partial charge in [-0.3, -0.25) is 23.0 Å². The van der Waals surface area contributed by atoms with Crippen molar-refractivity contribution in [3.05, 3.63) is 129 Å². The molecule has 4 aliphatic carbocycles. The number of carboxylic acids is 1. The lowest BCUT2D eigenvalue weighted by atomic mass is 9.49. The molecule has 0 aliphatic heterocycles. The fourth-order valence-corrected chi connectivity index (χ4v) is 12.1. The van der Waals surface area contributed by atoms with E-state index in [1.807, 2.05) is 75.4 Å². The van der Waals surface area contributed by atoms with Crippen LogP contribution >= 0.6 is 0 Å². The summed E-state index contributed by atoms with van der Waals surface area (Å²) in [7, 11) is 0. The van der Waals surface area contributed by atoms with Crippen molar-refractivity contribution in [3.63, 3.8) is 0 Å². The van der Waals surface area contributed by atoms with Crippen molar-refractivity contribution >= 4 is 50.8 Å². The number of para-hydroxylation sites is 2. The van der Waals surface area contributed by atoms with Gasteiger partial charge in [0.1, 0.15) is 5.60 Å². The Hall–Kier alpha value is -7.65. The highest BCUT2D eigenvalue weighted by atomic mass is 16.6. The number of nitrogens with one attached hydrogen (secondary N) is 4. The van der Waals surface area contributed by atoms with E-state index in [0.29, 0.717) is 40.4 Å². The first kappa shape index (κ1) is 51.8. The van der Waals surface area contributed by atoms with Crippen molar-refractivity contribution in [1.82, 2.24) is 59.4 Å². The molecule has 400 valence electrons. The number of fused-ring (bicyclic) bond motifs is 4. The summed E-state index contributed by atoms with van der Waals surface area (Å²) in [6, 6.07) is 22.7. The summed E-state index contributed by atoms with van der Waals surface area (Å²) in [5.74, 6) is -0.529. The zero-order valence-corrected chi connectivity index (χ0v) is 43.8. The molecule has 21 heteroatoms. The van der Waals surface area contributed by atoms with Gasteiger partial charge in [0.05, 0.1) is 57.7 Å². The second kappa shape index (κ2) is 19.2. The van der Waals surface area contributed by atoms with E-state index in [9.17, 15) is 34.2 Å². The molecule has 2 amide bonds. The van der Waals surface area contributed by atoms with Crippen LogP contribution in [0, 0.1) is 10.8 Å². The molecular formula is C55H66N12O9. The Kier molecular flexibility index (Phi) is 13.1. The topological polar surface area (TPSA) is 281 Å². The number of aromatic nitrogens is 10. The normalized spacial score (nSPS) is 22.9. The van der Waals surface area contributed by atoms with E-state index in [1.54, 1.807) is 71.8 Å². The number of alkyl carbamates (subject to hydrolysis) is 1. The molecule has 4 saturated carbocycles. The van der Waals surface area contributed by atoms with E-state index >= 15 is 0 Å². The number of aromatic amines is 2. The van der Waals surface area contributed by atoms with Crippen molar-refractivity contribution in [3.8, 4) is 0 Å². The molecule has 7 N–H and O–H groups in total. The Labute approximate surface area is 436 Å². The Morgan fingerprint density at radius 2 is 1.01 bits per heavy atom. The van der Waals surface area contributed by atoms with Crippen LogP contribution in [0.1, 0.15) is 144 Å². The third-order valence-corrected chi connectivity index (χ3v) is 15.1. The highest BCUT2D eigenvalue weighted by Crippen LogP contribution is 2.63. The van der Waals surface area contributed by atoms with Crippen molar-refractivity contribution in [2.24, 2.45) is 10.8 Å². The standard InChI is InChI=1S/C25H28N6O3.C18H24N4O3.C12H14N2O3/c1-24(2,34)14-31-18-7-4-3-6-17(18)21(29-31)22(32)26-16-12-25(13-16)10-15(11-25)20-19-8-5-9-30(19)23(33)28-27-20;1-17(2,3)25-16(24)19-12-9-18(10-12)7-11(8-18)14-13-5-4-6-22(13)15(23)21-20-14;1-12(2,17)7-14-9-6-4-3-5-8(9)10(13-14)11(15)16/h3-9,15-16,34H,10-14H2,1-2H3,(H,26,32)(H,28,33);4-6,11-12H,7-10H2,1-3H3,(H,19,24)(H,21,23);3-6,17H,7H2,1-2H3,(H,15,16). The van der Waals surface area contributed by atoms with E-state index in [-0.39, 0.29) is 53.1 Å². The lowest BCUT2D eigenvalue weighted by molar-refractivity contribution is -0.0262. The van der Waals surface area contributed by atoms with Crippen LogP contribution in [0.3, 0.4) is 0 Å². The maximum atomic E-state index is 13.1. The number of hydrogen-bond acceptors (Lipinski definition) is 12. The average molecular weight is 1040 g/mol. The molecule has 21 nitrogen and oxygen atoms in total. The summed E-state index contributed by atoms with van der Waals surface area (Å²) in [5, 5.41) is 58.9. The van der Waals surface area contributed by atoms with Crippen LogP contribution < -0.4 is 22.0 Å². The fraction of sp³-hybridized carbons (Fsp3) is 0.473. The summed E-state index contributed by atoms with van der Waals surface area (Å²) in [5.41, 5.74) is 3.46. The number of H-pyrrole nitrogens is 2. The van der Waals surface area contributed by atoms with Crippen LogP contribution in [0.15, 0.2) is 94.8 Å². The quantitative estimate of drug-likeness (QED) is 0.0754. The molecule has 0 unspecified atom stereocenters. The zero-order valence-electron chi connectivity index (χ0n) is 43.8. The number of carbonyl (C=O) groups excluding carboxylic acids is 2. The number of amides is 2. The molecule has 0 bridgehead atoms. The SMILES string of the molecule is CC(C)(C)OC(=O)NC1CC2(C1)CC(c1n[nH]c(=O)n3cccc13)C2.CC(C)(O)Cn1nc(C(=O)NC2CC3(C2)CC(c2n[nH]c(=O)n4cccc24)C3)c2ccccc21.CC(C)(O)Cn1nc(C(=O)O)c2ccccc21. The van der Waals surface area contributed by atoms with E-state index in [4.69, 9.17) is 9.84 Å². The minimum absolute atomic E-state index is 0.0184. The number of carbonyl (C=O) groups is 3. The summed E-state index contributed by atoms with van der Waals surface area (Å²) in [4.78, 5) is 59.7. The molecule has 4 fully saturated rings. The molecule has 8 aromatic rings. The number of aliphatic hydroxyl groups is 2. The molecule has 2 spiro atoms. The molecule has 6 heterocycles. The maximum Gasteiger partial charge on any atom is 0.407 e. The van der Waals surface area contributed by atoms with Gasteiger partial charge in [0.25, 0.3) is 5.91 Å². The second-order valence-electron chi connectivity index (χ2n) is 23.9. The van der Waals surface area contributed by atoms with Gasteiger partial charge in [0, 0.05) is 47.1 Å². The highest BCUT2D eigenvalue weighted by Gasteiger charge is 2.55. The minimum atomic E-state index is -1.06. The number of ether oxygens (including phenoxy) is 1. The molecule has 76 heavy (non-hydrogen) atoms. The van der Waals surface area contributed by atoms with Crippen LogP contribution in [0.5, 0.6) is 0 Å². The number of aromatic carboxylic acids is 1. The van der Waals surface area contributed by atoms with Crippen molar-refractivity contribution < 1.29 is 34.4 Å². The van der Waals surface area contributed by atoms with Crippen LogP contribution in [-0.2, 0) is 17.8 Å². The first-order valence-corrected chi connectivity index (χ1v) is 25.9. The Morgan fingerprint density at radius 1 is 0.605 bits per heavy atom. The van der Waals surface area contributed by atoms with Gasteiger partial charge in [-0.15, -0.1) is 0 Å². The van der Waals surface area contributed by atoms with Gasteiger partial charge >= 0.3 is 23.4 Å². The number of carboxylic acid groups (broad SMARTS) is 1. The molecule has 4 aliphatic rings. The fourth-order valence-electron chi connectivity index (χ4n) is 12.1.